The highest BCUT2D eigenvalue weighted by molar-refractivity contribution is 6.29. The fourth-order valence-electron chi connectivity index (χ4n) is 1.54. The molecule has 1 aromatic heterocycles. The molecule has 0 aromatic carbocycles. The minimum atomic E-state index is -0.170. The zero-order chi connectivity index (χ0) is 15.3. The van der Waals surface area contributed by atoms with E-state index < -0.39 is 0 Å². The van der Waals surface area contributed by atoms with E-state index in [4.69, 9.17) is 11.6 Å². The topological polar surface area (TPSA) is 66.9 Å². The van der Waals surface area contributed by atoms with E-state index in [1.54, 1.807) is 6.07 Å². The second-order valence-corrected chi connectivity index (χ2v) is 6.44. The molecule has 6 heteroatoms. The average molecular weight is 299 g/mol. The normalized spacial score (nSPS) is 11.6. The van der Waals surface area contributed by atoms with Crippen molar-refractivity contribution in [3.63, 3.8) is 0 Å². The molecular formula is C14H23ClN4O. The van der Waals surface area contributed by atoms with Gasteiger partial charge in [0.25, 0.3) is 0 Å². The van der Waals surface area contributed by atoms with E-state index in [-0.39, 0.29) is 17.4 Å². The summed E-state index contributed by atoms with van der Waals surface area (Å²) in [6.45, 7) is 10.5. The summed E-state index contributed by atoms with van der Waals surface area (Å²) < 4.78 is 0. The van der Waals surface area contributed by atoms with Gasteiger partial charge < -0.3 is 10.6 Å². The van der Waals surface area contributed by atoms with Crippen LogP contribution in [0, 0.1) is 0 Å². The minimum absolute atomic E-state index is 0.0173. The van der Waals surface area contributed by atoms with Crippen molar-refractivity contribution >= 4 is 23.3 Å². The number of halogens is 1. The molecule has 1 rings (SSSR count). The Labute approximate surface area is 125 Å². The van der Waals surface area contributed by atoms with E-state index in [1.165, 1.54) is 0 Å². The van der Waals surface area contributed by atoms with Gasteiger partial charge in [0, 0.05) is 30.5 Å². The lowest BCUT2D eigenvalue weighted by atomic mass is 9.96. The molecule has 112 valence electrons. The predicted octanol–water partition coefficient (Wildman–Crippen LogP) is 2.75. The first-order chi connectivity index (χ1) is 9.18. The molecule has 0 fully saturated rings. The number of hydrogen-bond acceptors (Lipinski definition) is 4. The van der Waals surface area contributed by atoms with E-state index >= 15 is 0 Å². The first kappa shape index (κ1) is 16.7. The Kier molecular flexibility index (Phi) is 5.74. The number of aromatic nitrogens is 2. The number of rotatable bonds is 5. The van der Waals surface area contributed by atoms with Crippen molar-refractivity contribution in [1.82, 2.24) is 15.3 Å². The zero-order valence-corrected chi connectivity index (χ0v) is 13.5. The quantitative estimate of drug-likeness (QED) is 0.820. The summed E-state index contributed by atoms with van der Waals surface area (Å²) >= 11 is 6.00. The smallest absolute Gasteiger partial charge is 0.221 e. The maximum Gasteiger partial charge on any atom is 0.221 e. The molecule has 1 aromatic rings. The molecule has 0 aliphatic rings. The predicted molar refractivity (Wildman–Crippen MR) is 82.1 cm³/mol. The van der Waals surface area contributed by atoms with Crippen molar-refractivity contribution in [1.29, 1.82) is 0 Å². The third-order valence-electron chi connectivity index (χ3n) is 2.47. The Morgan fingerprint density at radius 2 is 2.00 bits per heavy atom. The summed E-state index contributed by atoms with van der Waals surface area (Å²) in [6.07, 6.45) is 0.394. The van der Waals surface area contributed by atoms with Gasteiger partial charge >= 0.3 is 0 Å². The zero-order valence-electron chi connectivity index (χ0n) is 12.7. The summed E-state index contributed by atoms with van der Waals surface area (Å²) in [7, 11) is 0. The van der Waals surface area contributed by atoms with Crippen LogP contribution in [0.1, 0.15) is 46.9 Å². The van der Waals surface area contributed by atoms with Crippen LogP contribution in [0.15, 0.2) is 6.07 Å². The highest BCUT2D eigenvalue weighted by Crippen LogP contribution is 2.22. The fraction of sp³-hybridized carbons (Fsp3) is 0.643. The van der Waals surface area contributed by atoms with Crippen molar-refractivity contribution in [2.24, 2.45) is 0 Å². The van der Waals surface area contributed by atoms with Crippen LogP contribution in [0.5, 0.6) is 0 Å². The van der Waals surface area contributed by atoms with Gasteiger partial charge in [0.2, 0.25) is 5.91 Å². The largest absolute Gasteiger partial charge is 0.369 e. The van der Waals surface area contributed by atoms with E-state index in [9.17, 15) is 4.79 Å². The van der Waals surface area contributed by atoms with Crippen molar-refractivity contribution < 1.29 is 4.79 Å². The maximum atomic E-state index is 11.5. The summed E-state index contributed by atoms with van der Waals surface area (Å²) in [5.41, 5.74) is -0.170. The summed E-state index contributed by atoms with van der Waals surface area (Å²) in [6, 6.07) is 1.82. The number of nitrogens with one attached hydrogen (secondary N) is 2. The highest BCUT2D eigenvalue weighted by atomic mass is 35.5. The highest BCUT2D eigenvalue weighted by Gasteiger charge is 2.18. The molecule has 0 atom stereocenters. The molecule has 20 heavy (non-hydrogen) atoms. The van der Waals surface area contributed by atoms with E-state index in [0.29, 0.717) is 29.8 Å². The standard InChI is InChI=1S/C14H23ClN4O/c1-9(2)17-12(20)6-7-16-11-8-10(15)18-13(19-11)14(3,4)5/h8-9H,6-7H2,1-5H3,(H,17,20)(H,16,18,19). The molecule has 0 spiro atoms. The van der Waals surface area contributed by atoms with Crippen molar-refractivity contribution in [3.05, 3.63) is 17.0 Å². The SMILES string of the molecule is CC(C)NC(=O)CCNc1cc(Cl)nc(C(C)(C)C)n1. The molecule has 0 radical (unpaired) electrons. The first-order valence-electron chi connectivity index (χ1n) is 6.77. The molecule has 1 heterocycles. The molecule has 1 amide bonds. The number of carbonyl (C=O) groups excluding carboxylic acids is 1. The number of hydrogen-bond donors (Lipinski definition) is 2. The van der Waals surface area contributed by atoms with Crippen LogP contribution in [0.25, 0.3) is 0 Å². The van der Waals surface area contributed by atoms with Crippen LogP contribution < -0.4 is 10.6 Å². The monoisotopic (exact) mass is 298 g/mol. The van der Waals surface area contributed by atoms with Gasteiger partial charge in [-0.25, -0.2) is 9.97 Å². The number of anilines is 1. The Morgan fingerprint density at radius 3 is 2.55 bits per heavy atom. The van der Waals surface area contributed by atoms with Crippen LogP contribution in [-0.4, -0.2) is 28.5 Å². The average Bonchev–Trinajstić information content (AvgIpc) is 2.25. The van der Waals surface area contributed by atoms with Crippen molar-refractivity contribution in [2.45, 2.75) is 52.5 Å². The fourth-order valence-corrected chi connectivity index (χ4v) is 1.73. The van der Waals surface area contributed by atoms with Crippen LogP contribution in [0.4, 0.5) is 5.82 Å². The molecule has 0 saturated heterocycles. The van der Waals surface area contributed by atoms with Gasteiger partial charge in [-0.05, 0) is 13.8 Å². The minimum Gasteiger partial charge on any atom is -0.369 e. The van der Waals surface area contributed by atoms with Crippen LogP contribution in [0.2, 0.25) is 5.15 Å². The second-order valence-electron chi connectivity index (χ2n) is 6.05. The third kappa shape index (κ3) is 5.74. The molecule has 2 N–H and O–H groups in total. The summed E-state index contributed by atoms with van der Waals surface area (Å²) in [4.78, 5) is 20.2. The molecule has 0 aliphatic carbocycles. The lowest BCUT2D eigenvalue weighted by Crippen LogP contribution is -2.31. The van der Waals surface area contributed by atoms with Gasteiger partial charge in [-0.3, -0.25) is 4.79 Å². The lowest BCUT2D eigenvalue weighted by molar-refractivity contribution is -0.121. The van der Waals surface area contributed by atoms with E-state index in [1.807, 2.05) is 34.6 Å². The van der Waals surface area contributed by atoms with Gasteiger partial charge in [-0.15, -0.1) is 0 Å². The molecule has 0 unspecified atom stereocenters. The van der Waals surface area contributed by atoms with Crippen LogP contribution in [-0.2, 0) is 10.2 Å². The van der Waals surface area contributed by atoms with Gasteiger partial charge in [-0.2, -0.15) is 0 Å². The third-order valence-corrected chi connectivity index (χ3v) is 2.67. The summed E-state index contributed by atoms with van der Waals surface area (Å²) in [5.74, 6) is 1.34. The van der Waals surface area contributed by atoms with Gasteiger partial charge in [-0.1, -0.05) is 32.4 Å². The first-order valence-corrected chi connectivity index (χ1v) is 7.14. The van der Waals surface area contributed by atoms with E-state index in [0.717, 1.165) is 0 Å². The Balaban J connectivity index is 2.61. The second kappa shape index (κ2) is 6.88. The molecule has 0 aliphatic heterocycles. The molecule has 0 bridgehead atoms. The van der Waals surface area contributed by atoms with Crippen LogP contribution >= 0.6 is 11.6 Å². The molecule has 0 saturated carbocycles. The van der Waals surface area contributed by atoms with Gasteiger partial charge in [0.05, 0.1) is 0 Å². The van der Waals surface area contributed by atoms with E-state index in [2.05, 4.69) is 20.6 Å². The Bertz CT molecular complexity index is 469. The Hall–Kier alpha value is -1.36. The molecular weight excluding hydrogens is 276 g/mol. The van der Waals surface area contributed by atoms with Crippen LogP contribution in [0.3, 0.4) is 0 Å². The van der Waals surface area contributed by atoms with Crippen molar-refractivity contribution in [2.75, 3.05) is 11.9 Å². The van der Waals surface area contributed by atoms with Gasteiger partial charge in [0.15, 0.2) is 0 Å². The molecule has 5 nitrogen and oxygen atoms in total. The maximum absolute atomic E-state index is 11.5. The van der Waals surface area contributed by atoms with Crippen molar-refractivity contribution in [3.8, 4) is 0 Å². The summed E-state index contributed by atoms with van der Waals surface area (Å²) in [5, 5.41) is 6.35. The lowest BCUT2D eigenvalue weighted by Gasteiger charge is -2.17. The Morgan fingerprint density at radius 1 is 1.35 bits per heavy atom. The number of carbonyl (C=O) groups is 1. The van der Waals surface area contributed by atoms with Gasteiger partial charge in [0.1, 0.15) is 16.8 Å². The number of nitrogens with zero attached hydrogens (tertiary/aromatic N) is 2. The number of amides is 1.